The maximum Gasteiger partial charge on any atom is 0.0794 e. The van der Waals surface area contributed by atoms with Crippen molar-refractivity contribution in [3.05, 3.63) is 0 Å². The summed E-state index contributed by atoms with van der Waals surface area (Å²) < 4.78 is 1.17. The maximum absolute atomic E-state index is 2.55. The summed E-state index contributed by atoms with van der Waals surface area (Å²) in [4.78, 5) is 2.55. The minimum absolute atomic E-state index is 1.17. The van der Waals surface area contributed by atoms with E-state index in [1.54, 1.807) is 0 Å². The van der Waals surface area contributed by atoms with Crippen LogP contribution in [0.1, 0.15) is 19.8 Å². The Labute approximate surface area is 76.7 Å². The van der Waals surface area contributed by atoms with Crippen LogP contribution in [0.4, 0.5) is 0 Å². The van der Waals surface area contributed by atoms with Crippen molar-refractivity contribution < 1.29 is 4.48 Å². The SMILES string of the molecule is CC[N+](C)(C)CCCN1CCC1. The van der Waals surface area contributed by atoms with Gasteiger partial charge in [0.25, 0.3) is 0 Å². The maximum atomic E-state index is 2.55. The molecule has 0 unspecified atom stereocenters. The summed E-state index contributed by atoms with van der Waals surface area (Å²) in [5, 5.41) is 0. The van der Waals surface area contributed by atoms with Crippen LogP contribution in [0.2, 0.25) is 0 Å². The molecule has 2 heteroatoms. The molecule has 12 heavy (non-hydrogen) atoms. The van der Waals surface area contributed by atoms with E-state index in [9.17, 15) is 0 Å². The molecule has 0 aromatic carbocycles. The van der Waals surface area contributed by atoms with Gasteiger partial charge in [-0.25, -0.2) is 0 Å². The summed E-state index contributed by atoms with van der Waals surface area (Å²) in [5.74, 6) is 0. The van der Waals surface area contributed by atoms with Gasteiger partial charge in [0.05, 0.1) is 27.2 Å². The highest BCUT2D eigenvalue weighted by molar-refractivity contribution is 4.67. The Hall–Kier alpha value is -0.0800. The van der Waals surface area contributed by atoms with Gasteiger partial charge in [0.2, 0.25) is 0 Å². The van der Waals surface area contributed by atoms with Crippen LogP contribution >= 0.6 is 0 Å². The zero-order valence-corrected chi connectivity index (χ0v) is 8.84. The Bertz CT molecular complexity index is 128. The van der Waals surface area contributed by atoms with Gasteiger partial charge >= 0.3 is 0 Å². The second-order valence-electron chi connectivity index (χ2n) is 4.52. The van der Waals surface area contributed by atoms with Crippen LogP contribution in [0.5, 0.6) is 0 Å². The van der Waals surface area contributed by atoms with Crippen molar-refractivity contribution in [3.63, 3.8) is 0 Å². The van der Waals surface area contributed by atoms with E-state index in [2.05, 4.69) is 25.9 Å². The molecule has 0 saturated carbocycles. The first kappa shape index (κ1) is 10.0. The molecule has 0 N–H and O–H groups in total. The van der Waals surface area contributed by atoms with Gasteiger partial charge in [-0.3, -0.25) is 0 Å². The Morgan fingerprint density at radius 1 is 1.25 bits per heavy atom. The third-order valence-electron chi connectivity index (χ3n) is 3.04. The molecule has 0 bridgehead atoms. The minimum Gasteiger partial charge on any atom is -0.329 e. The molecule has 1 aliphatic rings. The number of likely N-dealkylation sites (tertiary alicyclic amines) is 1. The predicted molar refractivity (Wildman–Crippen MR) is 53.2 cm³/mol. The van der Waals surface area contributed by atoms with Crippen molar-refractivity contribution in [3.8, 4) is 0 Å². The second-order valence-corrected chi connectivity index (χ2v) is 4.52. The van der Waals surface area contributed by atoms with E-state index in [0.717, 1.165) is 0 Å². The first-order chi connectivity index (χ1) is 5.64. The fourth-order valence-corrected chi connectivity index (χ4v) is 1.49. The van der Waals surface area contributed by atoms with Gasteiger partial charge in [0.1, 0.15) is 0 Å². The van der Waals surface area contributed by atoms with Gasteiger partial charge in [-0.2, -0.15) is 0 Å². The first-order valence-corrected chi connectivity index (χ1v) is 5.18. The number of quaternary nitrogens is 1. The highest BCUT2D eigenvalue weighted by Gasteiger charge is 2.15. The van der Waals surface area contributed by atoms with Crippen molar-refractivity contribution in [2.45, 2.75) is 19.8 Å². The minimum atomic E-state index is 1.17. The standard InChI is InChI=1S/C10H23N2/c1-4-12(2,3)10-6-9-11-7-5-8-11/h4-10H2,1-3H3/q+1. The molecule has 0 aliphatic carbocycles. The molecule has 0 atom stereocenters. The number of nitrogens with zero attached hydrogens (tertiary/aromatic N) is 2. The van der Waals surface area contributed by atoms with Gasteiger partial charge in [-0.15, -0.1) is 0 Å². The molecule has 72 valence electrons. The molecule has 1 aliphatic heterocycles. The molecule has 0 aromatic rings. The summed E-state index contributed by atoms with van der Waals surface area (Å²) in [6, 6.07) is 0. The highest BCUT2D eigenvalue weighted by Crippen LogP contribution is 2.07. The quantitative estimate of drug-likeness (QED) is 0.561. The number of hydrogen-bond donors (Lipinski definition) is 0. The molecular formula is C10H23N2+. The third kappa shape index (κ3) is 3.11. The smallest absolute Gasteiger partial charge is 0.0794 e. The molecule has 0 radical (unpaired) electrons. The van der Waals surface area contributed by atoms with Crippen LogP contribution in [0, 0.1) is 0 Å². The van der Waals surface area contributed by atoms with Crippen molar-refractivity contribution >= 4 is 0 Å². The summed E-state index contributed by atoms with van der Waals surface area (Å²) in [6.45, 7) is 8.86. The van der Waals surface area contributed by atoms with Gasteiger partial charge in [-0.05, 0) is 26.4 Å². The molecule has 1 rings (SSSR count). The lowest BCUT2D eigenvalue weighted by Gasteiger charge is -2.33. The Morgan fingerprint density at radius 2 is 1.92 bits per heavy atom. The molecule has 0 amide bonds. The van der Waals surface area contributed by atoms with E-state index in [4.69, 9.17) is 0 Å². The average Bonchev–Trinajstić information content (AvgIpc) is 1.95. The topological polar surface area (TPSA) is 3.24 Å². The van der Waals surface area contributed by atoms with E-state index in [-0.39, 0.29) is 0 Å². The van der Waals surface area contributed by atoms with Crippen LogP contribution in [-0.4, -0.2) is 56.2 Å². The van der Waals surface area contributed by atoms with Crippen LogP contribution in [-0.2, 0) is 0 Å². The third-order valence-corrected chi connectivity index (χ3v) is 3.04. The fourth-order valence-electron chi connectivity index (χ4n) is 1.49. The first-order valence-electron chi connectivity index (χ1n) is 5.18. The van der Waals surface area contributed by atoms with Crippen LogP contribution in [0.3, 0.4) is 0 Å². The summed E-state index contributed by atoms with van der Waals surface area (Å²) in [5.41, 5.74) is 0. The van der Waals surface area contributed by atoms with Crippen molar-refractivity contribution in [2.75, 3.05) is 46.8 Å². The lowest BCUT2D eigenvalue weighted by atomic mass is 10.2. The van der Waals surface area contributed by atoms with E-state index in [1.807, 2.05) is 0 Å². The Morgan fingerprint density at radius 3 is 2.33 bits per heavy atom. The summed E-state index contributed by atoms with van der Waals surface area (Å²) >= 11 is 0. The normalized spacial score (nSPS) is 19.2. The Kier molecular flexibility index (Phi) is 3.53. The molecule has 1 saturated heterocycles. The van der Waals surface area contributed by atoms with Gasteiger partial charge in [0, 0.05) is 13.0 Å². The number of hydrogen-bond acceptors (Lipinski definition) is 1. The van der Waals surface area contributed by atoms with Gasteiger partial charge in [0.15, 0.2) is 0 Å². The van der Waals surface area contributed by atoms with Gasteiger partial charge in [-0.1, -0.05) is 0 Å². The van der Waals surface area contributed by atoms with Crippen molar-refractivity contribution in [2.24, 2.45) is 0 Å². The lowest BCUT2D eigenvalue weighted by molar-refractivity contribution is -0.888. The highest BCUT2D eigenvalue weighted by atomic mass is 15.3. The molecule has 2 nitrogen and oxygen atoms in total. The molecule has 0 aromatic heterocycles. The monoisotopic (exact) mass is 171 g/mol. The van der Waals surface area contributed by atoms with Gasteiger partial charge < -0.3 is 9.38 Å². The van der Waals surface area contributed by atoms with Crippen LogP contribution in [0.25, 0.3) is 0 Å². The fraction of sp³-hybridized carbons (Fsp3) is 1.00. The zero-order valence-electron chi connectivity index (χ0n) is 8.84. The predicted octanol–water partition coefficient (Wildman–Crippen LogP) is 1.18. The molecule has 1 fully saturated rings. The Balaban J connectivity index is 2.00. The largest absolute Gasteiger partial charge is 0.329 e. The van der Waals surface area contributed by atoms with E-state index in [1.165, 1.54) is 50.0 Å². The van der Waals surface area contributed by atoms with Crippen molar-refractivity contribution in [1.82, 2.24) is 4.90 Å². The van der Waals surface area contributed by atoms with E-state index < -0.39 is 0 Å². The van der Waals surface area contributed by atoms with Crippen molar-refractivity contribution in [1.29, 1.82) is 0 Å². The molecule has 1 heterocycles. The van der Waals surface area contributed by atoms with Crippen LogP contribution < -0.4 is 0 Å². The molecular weight excluding hydrogens is 148 g/mol. The summed E-state index contributed by atoms with van der Waals surface area (Å²) in [6.07, 6.45) is 2.78. The van der Waals surface area contributed by atoms with Crippen LogP contribution in [0.15, 0.2) is 0 Å². The van der Waals surface area contributed by atoms with E-state index in [0.29, 0.717) is 0 Å². The lowest BCUT2D eigenvalue weighted by Crippen LogP contribution is -2.43. The second kappa shape index (κ2) is 4.24. The summed E-state index contributed by atoms with van der Waals surface area (Å²) in [7, 11) is 4.63. The molecule has 0 spiro atoms. The van der Waals surface area contributed by atoms with E-state index >= 15 is 0 Å². The number of rotatable bonds is 5. The zero-order chi connectivity index (χ0) is 9.03. The average molecular weight is 171 g/mol.